The molecule has 1 atom stereocenters. The van der Waals surface area contributed by atoms with Crippen LogP contribution in [0.1, 0.15) is 29.2 Å². The first-order valence-electron chi connectivity index (χ1n) is 5.08. The van der Waals surface area contributed by atoms with Gasteiger partial charge in [0.2, 0.25) is 0 Å². The lowest BCUT2D eigenvalue weighted by molar-refractivity contribution is -0.137. The van der Waals surface area contributed by atoms with Crippen molar-refractivity contribution < 1.29 is 14.6 Å². The number of aliphatic carboxylic acids is 1. The van der Waals surface area contributed by atoms with Crippen molar-refractivity contribution in [1.29, 1.82) is 0 Å². The molecule has 0 saturated heterocycles. The van der Waals surface area contributed by atoms with Gasteiger partial charge in [-0.15, -0.1) is 0 Å². The summed E-state index contributed by atoms with van der Waals surface area (Å²) < 4.78 is 5.24. The molecule has 0 spiro atoms. The lowest BCUT2D eigenvalue weighted by Gasteiger charge is -2.17. The Morgan fingerprint density at radius 3 is 2.62 bits per heavy atom. The van der Waals surface area contributed by atoms with Crippen LogP contribution in [0.15, 0.2) is 12.1 Å². The lowest BCUT2D eigenvalue weighted by atomic mass is 9.96. The Labute approximate surface area is 95.0 Å². The Morgan fingerprint density at radius 2 is 2.12 bits per heavy atom. The average molecular weight is 223 g/mol. The molecule has 0 saturated carbocycles. The molecule has 1 aromatic carbocycles. The molecule has 1 unspecified atom stereocenters. The van der Waals surface area contributed by atoms with Crippen molar-refractivity contribution in [1.82, 2.24) is 0 Å². The third-order valence-corrected chi connectivity index (χ3v) is 2.48. The number of nitrogens with two attached hydrogens (primary N) is 1. The van der Waals surface area contributed by atoms with Crippen LogP contribution < -0.4 is 10.5 Å². The first kappa shape index (κ1) is 12.5. The van der Waals surface area contributed by atoms with Gasteiger partial charge in [-0.05, 0) is 31.0 Å². The van der Waals surface area contributed by atoms with Gasteiger partial charge in [0.1, 0.15) is 5.75 Å². The third-order valence-electron chi connectivity index (χ3n) is 2.48. The summed E-state index contributed by atoms with van der Waals surface area (Å²) in [7, 11) is 1.56. The highest BCUT2D eigenvalue weighted by Crippen LogP contribution is 2.30. The molecule has 1 aromatic rings. The van der Waals surface area contributed by atoms with Crippen LogP contribution in [0, 0.1) is 13.8 Å². The molecule has 88 valence electrons. The zero-order valence-corrected chi connectivity index (χ0v) is 9.78. The van der Waals surface area contributed by atoms with E-state index in [1.165, 1.54) is 0 Å². The predicted octanol–water partition coefficient (Wildman–Crippen LogP) is 1.79. The van der Waals surface area contributed by atoms with Crippen LogP contribution in [-0.2, 0) is 4.79 Å². The van der Waals surface area contributed by atoms with Crippen molar-refractivity contribution >= 4 is 5.97 Å². The number of methoxy groups -OCH3 is 1. The summed E-state index contributed by atoms with van der Waals surface area (Å²) in [6.45, 7) is 3.87. The van der Waals surface area contributed by atoms with Crippen molar-refractivity contribution in [2.24, 2.45) is 5.73 Å². The molecule has 16 heavy (non-hydrogen) atoms. The number of benzene rings is 1. The number of hydrogen-bond acceptors (Lipinski definition) is 3. The summed E-state index contributed by atoms with van der Waals surface area (Å²) in [5.74, 6) is -0.249. The summed E-state index contributed by atoms with van der Waals surface area (Å²) in [6, 6.07) is 3.30. The SMILES string of the molecule is COc1cc(C)cc(C)c1C(N)CC(=O)O. The summed E-state index contributed by atoms with van der Waals surface area (Å²) in [5, 5.41) is 8.73. The van der Waals surface area contributed by atoms with Crippen molar-refractivity contribution in [3.63, 3.8) is 0 Å². The van der Waals surface area contributed by atoms with Gasteiger partial charge in [0.25, 0.3) is 0 Å². The average Bonchev–Trinajstić information content (AvgIpc) is 2.14. The smallest absolute Gasteiger partial charge is 0.305 e. The topological polar surface area (TPSA) is 72.5 Å². The van der Waals surface area contributed by atoms with E-state index in [0.717, 1.165) is 16.7 Å². The fourth-order valence-corrected chi connectivity index (χ4v) is 1.87. The molecule has 0 fully saturated rings. The van der Waals surface area contributed by atoms with Crippen LogP contribution in [0.5, 0.6) is 5.75 Å². The number of carbonyl (C=O) groups is 1. The molecule has 4 nitrogen and oxygen atoms in total. The van der Waals surface area contributed by atoms with Crippen LogP contribution in [0.4, 0.5) is 0 Å². The van der Waals surface area contributed by atoms with E-state index in [9.17, 15) is 4.79 Å². The van der Waals surface area contributed by atoms with Crippen LogP contribution in [0.25, 0.3) is 0 Å². The van der Waals surface area contributed by atoms with E-state index in [0.29, 0.717) is 5.75 Å². The lowest BCUT2D eigenvalue weighted by Crippen LogP contribution is -2.17. The number of aryl methyl sites for hydroxylation is 2. The van der Waals surface area contributed by atoms with Gasteiger partial charge in [-0.1, -0.05) is 6.07 Å². The van der Waals surface area contributed by atoms with E-state index >= 15 is 0 Å². The largest absolute Gasteiger partial charge is 0.496 e. The van der Waals surface area contributed by atoms with E-state index < -0.39 is 12.0 Å². The molecule has 4 heteroatoms. The molecule has 3 N–H and O–H groups in total. The first-order chi connectivity index (χ1) is 7.45. The number of hydrogen-bond donors (Lipinski definition) is 2. The maximum atomic E-state index is 10.6. The van der Waals surface area contributed by atoms with Gasteiger partial charge >= 0.3 is 5.97 Å². The van der Waals surface area contributed by atoms with Crippen LogP contribution in [0.3, 0.4) is 0 Å². The van der Waals surface area contributed by atoms with E-state index in [2.05, 4.69) is 0 Å². The molecule has 0 bridgehead atoms. The molecule has 0 aliphatic carbocycles. The Balaban J connectivity index is 3.15. The number of ether oxygens (including phenoxy) is 1. The molecule has 0 heterocycles. The maximum absolute atomic E-state index is 10.6. The summed E-state index contributed by atoms with van der Waals surface area (Å²) in [4.78, 5) is 10.6. The Morgan fingerprint density at radius 1 is 1.50 bits per heavy atom. The minimum atomic E-state index is -0.908. The number of carboxylic acids is 1. The molecule has 0 amide bonds. The second kappa shape index (κ2) is 4.99. The van der Waals surface area contributed by atoms with Crippen molar-refractivity contribution in [2.75, 3.05) is 7.11 Å². The standard InChI is InChI=1S/C12H17NO3/c1-7-4-8(2)12(10(5-7)16-3)9(13)6-11(14)15/h4-5,9H,6,13H2,1-3H3,(H,14,15). The monoisotopic (exact) mass is 223 g/mol. The van der Waals surface area contributed by atoms with Crippen molar-refractivity contribution in [2.45, 2.75) is 26.3 Å². The maximum Gasteiger partial charge on any atom is 0.305 e. The van der Waals surface area contributed by atoms with Gasteiger partial charge in [-0.3, -0.25) is 4.79 Å². The number of carboxylic acid groups (broad SMARTS) is 1. The van der Waals surface area contributed by atoms with Gasteiger partial charge < -0.3 is 15.6 Å². The predicted molar refractivity (Wildman–Crippen MR) is 61.6 cm³/mol. The van der Waals surface area contributed by atoms with Gasteiger partial charge in [-0.2, -0.15) is 0 Å². The van der Waals surface area contributed by atoms with Crippen molar-refractivity contribution in [3.05, 3.63) is 28.8 Å². The molecular weight excluding hydrogens is 206 g/mol. The zero-order valence-electron chi connectivity index (χ0n) is 9.78. The van der Waals surface area contributed by atoms with Crippen molar-refractivity contribution in [3.8, 4) is 5.75 Å². The normalized spacial score (nSPS) is 12.2. The summed E-state index contributed by atoms with van der Waals surface area (Å²) >= 11 is 0. The number of rotatable bonds is 4. The Bertz CT molecular complexity index is 401. The third kappa shape index (κ3) is 2.73. The fraction of sp³-hybridized carbons (Fsp3) is 0.417. The van der Waals surface area contributed by atoms with Crippen LogP contribution >= 0.6 is 0 Å². The van der Waals surface area contributed by atoms with Gasteiger partial charge in [-0.25, -0.2) is 0 Å². The Hall–Kier alpha value is -1.55. The molecular formula is C12H17NO3. The van der Waals surface area contributed by atoms with Gasteiger partial charge in [0, 0.05) is 11.6 Å². The van der Waals surface area contributed by atoms with E-state index in [4.69, 9.17) is 15.6 Å². The molecule has 0 aromatic heterocycles. The molecule has 1 rings (SSSR count). The molecule has 0 radical (unpaired) electrons. The molecule has 0 aliphatic rings. The highest BCUT2D eigenvalue weighted by Gasteiger charge is 2.17. The van der Waals surface area contributed by atoms with E-state index in [1.807, 2.05) is 26.0 Å². The van der Waals surface area contributed by atoms with E-state index in [-0.39, 0.29) is 6.42 Å². The summed E-state index contributed by atoms with van der Waals surface area (Å²) in [5.41, 5.74) is 8.67. The van der Waals surface area contributed by atoms with Crippen LogP contribution in [0.2, 0.25) is 0 Å². The first-order valence-corrected chi connectivity index (χ1v) is 5.08. The molecule has 0 aliphatic heterocycles. The minimum Gasteiger partial charge on any atom is -0.496 e. The van der Waals surface area contributed by atoms with Gasteiger partial charge in [0.15, 0.2) is 0 Å². The highest BCUT2D eigenvalue weighted by molar-refractivity contribution is 5.68. The Kier molecular flexibility index (Phi) is 3.90. The second-order valence-corrected chi connectivity index (χ2v) is 3.90. The van der Waals surface area contributed by atoms with Gasteiger partial charge in [0.05, 0.1) is 13.5 Å². The minimum absolute atomic E-state index is 0.0970. The fourth-order valence-electron chi connectivity index (χ4n) is 1.87. The second-order valence-electron chi connectivity index (χ2n) is 3.90. The quantitative estimate of drug-likeness (QED) is 0.816. The zero-order chi connectivity index (χ0) is 12.3. The van der Waals surface area contributed by atoms with Crippen LogP contribution in [-0.4, -0.2) is 18.2 Å². The summed E-state index contributed by atoms with van der Waals surface area (Å²) in [6.07, 6.45) is -0.0970. The highest BCUT2D eigenvalue weighted by atomic mass is 16.5. The van der Waals surface area contributed by atoms with E-state index in [1.54, 1.807) is 7.11 Å².